The molecule has 146 valence electrons. The molecule has 27 heavy (non-hydrogen) atoms. The smallest absolute Gasteiger partial charge is 0.0895 e. The first-order valence-corrected chi connectivity index (χ1v) is 10.1. The Hall–Kier alpha value is -1.76. The topological polar surface area (TPSA) is 46.4 Å². The zero-order valence-electron chi connectivity index (χ0n) is 16.7. The summed E-state index contributed by atoms with van der Waals surface area (Å²) in [6.07, 6.45) is 8.56. The van der Waals surface area contributed by atoms with Crippen LogP contribution in [0.4, 0.5) is 0 Å². The lowest BCUT2D eigenvalue weighted by molar-refractivity contribution is -0.116. The maximum absolute atomic E-state index is 5.72. The van der Waals surface area contributed by atoms with Gasteiger partial charge in [0, 0.05) is 56.4 Å². The molecule has 2 aliphatic heterocycles. The minimum absolute atomic E-state index is 0.299. The molecule has 6 heteroatoms. The number of aromatic nitrogens is 3. The molecule has 0 aromatic carbocycles. The fourth-order valence-corrected chi connectivity index (χ4v) is 4.65. The average Bonchev–Trinajstić information content (AvgIpc) is 3.03. The molecule has 0 bridgehead atoms. The van der Waals surface area contributed by atoms with Crippen molar-refractivity contribution >= 4 is 0 Å². The van der Waals surface area contributed by atoms with Crippen molar-refractivity contribution in [1.82, 2.24) is 24.6 Å². The Balaban J connectivity index is 1.35. The number of pyridine rings is 1. The summed E-state index contributed by atoms with van der Waals surface area (Å²) in [5.41, 5.74) is 4.00. The van der Waals surface area contributed by atoms with Crippen LogP contribution in [0.5, 0.6) is 0 Å². The van der Waals surface area contributed by atoms with Gasteiger partial charge in [-0.05, 0) is 57.5 Å². The van der Waals surface area contributed by atoms with Crippen LogP contribution in [0.15, 0.2) is 30.7 Å². The van der Waals surface area contributed by atoms with E-state index in [0.717, 1.165) is 32.7 Å². The average molecular weight is 370 g/mol. The molecule has 2 saturated heterocycles. The van der Waals surface area contributed by atoms with Crippen LogP contribution in [0.25, 0.3) is 0 Å². The van der Waals surface area contributed by atoms with Crippen LogP contribution >= 0.6 is 0 Å². The van der Waals surface area contributed by atoms with E-state index in [2.05, 4.69) is 50.5 Å². The van der Waals surface area contributed by atoms with Crippen molar-refractivity contribution in [2.75, 3.05) is 26.7 Å². The number of methoxy groups -OCH3 is 1. The van der Waals surface area contributed by atoms with Gasteiger partial charge in [-0.2, -0.15) is 5.10 Å². The molecule has 0 N–H and O–H groups in total. The van der Waals surface area contributed by atoms with Gasteiger partial charge in [-0.25, -0.2) is 0 Å². The fraction of sp³-hybridized carbons (Fsp3) is 0.619. The van der Waals surface area contributed by atoms with Gasteiger partial charge in [0.15, 0.2) is 0 Å². The normalized spacial score (nSPS) is 24.9. The summed E-state index contributed by atoms with van der Waals surface area (Å²) in [6, 6.07) is 5.28. The Labute approximate surface area is 162 Å². The van der Waals surface area contributed by atoms with Gasteiger partial charge in [-0.15, -0.1) is 0 Å². The number of hydrogen-bond acceptors (Lipinski definition) is 5. The lowest BCUT2D eigenvalue weighted by Crippen LogP contribution is -2.60. The Bertz CT molecular complexity index is 738. The zero-order valence-corrected chi connectivity index (χ0v) is 16.7. The summed E-state index contributed by atoms with van der Waals surface area (Å²) in [4.78, 5) is 9.39. The molecular formula is C21H31N5O. The molecular weight excluding hydrogens is 338 g/mol. The highest BCUT2D eigenvalue weighted by atomic mass is 16.5. The molecule has 2 fully saturated rings. The minimum Gasteiger partial charge on any atom is -0.378 e. The van der Waals surface area contributed by atoms with Crippen molar-refractivity contribution in [2.24, 2.45) is 0 Å². The van der Waals surface area contributed by atoms with Crippen LogP contribution in [0, 0.1) is 6.92 Å². The number of nitrogens with zero attached hydrogens (tertiary/aromatic N) is 5. The first-order valence-electron chi connectivity index (χ1n) is 10.1. The molecule has 2 aliphatic rings. The minimum atomic E-state index is 0.299. The van der Waals surface area contributed by atoms with Gasteiger partial charge in [0.2, 0.25) is 0 Å². The highest BCUT2D eigenvalue weighted by Crippen LogP contribution is 2.39. The van der Waals surface area contributed by atoms with Crippen LogP contribution in [0.1, 0.15) is 42.6 Å². The van der Waals surface area contributed by atoms with Crippen LogP contribution in [0.2, 0.25) is 0 Å². The summed E-state index contributed by atoms with van der Waals surface area (Å²) in [5, 5.41) is 4.49. The molecule has 0 aliphatic carbocycles. The maximum atomic E-state index is 5.72. The Morgan fingerprint density at radius 1 is 1.19 bits per heavy atom. The highest BCUT2D eigenvalue weighted by molar-refractivity contribution is 5.21. The van der Waals surface area contributed by atoms with Crippen LogP contribution in [0.3, 0.4) is 0 Å². The lowest BCUT2D eigenvalue weighted by Gasteiger charge is -2.53. The second-order valence-corrected chi connectivity index (χ2v) is 7.77. The third-order valence-corrected chi connectivity index (χ3v) is 6.38. The van der Waals surface area contributed by atoms with E-state index in [4.69, 9.17) is 4.74 Å². The van der Waals surface area contributed by atoms with E-state index in [1.54, 1.807) is 0 Å². The maximum Gasteiger partial charge on any atom is 0.0895 e. The van der Waals surface area contributed by atoms with Gasteiger partial charge in [0.1, 0.15) is 0 Å². The van der Waals surface area contributed by atoms with E-state index in [1.165, 1.54) is 29.7 Å². The van der Waals surface area contributed by atoms with Gasteiger partial charge in [-0.3, -0.25) is 19.5 Å². The first-order chi connectivity index (χ1) is 13.2. The highest BCUT2D eigenvalue weighted by Gasteiger charge is 2.44. The molecule has 2 atom stereocenters. The molecule has 0 unspecified atom stereocenters. The second kappa shape index (κ2) is 8.09. The third kappa shape index (κ3) is 3.66. The largest absolute Gasteiger partial charge is 0.378 e. The zero-order chi connectivity index (χ0) is 18.8. The number of ether oxygens (including phenoxy) is 1. The van der Waals surface area contributed by atoms with E-state index < -0.39 is 0 Å². The van der Waals surface area contributed by atoms with E-state index >= 15 is 0 Å². The van der Waals surface area contributed by atoms with E-state index in [9.17, 15) is 0 Å². The monoisotopic (exact) mass is 369 g/mol. The van der Waals surface area contributed by atoms with Gasteiger partial charge < -0.3 is 4.74 Å². The molecule has 4 heterocycles. The second-order valence-electron chi connectivity index (χ2n) is 7.77. The van der Waals surface area contributed by atoms with E-state index in [1.807, 2.05) is 25.7 Å². The lowest BCUT2D eigenvalue weighted by atomic mass is 9.87. The quantitative estimate of drug-likeness (QED) is 0.783. The van der Waals surface area contributed by atoms with Gasteiger partial charge in [0.05, 0.1) is 18.3 Å². The van der Waals surface area contributed by atoms with Crippen molar-refractivity contribution in [2.45, 2.75) is 58.0 Å². The molecule has 2 aromatic heterocycles. The summed E-state index contributed by atoms with van der Waals surface area (Å²) in [5.74, 6) is 0. The molecule has 6 nitrogen and oxygen atoms in total. The van der Waals surface area contributed by atoms with Crippen molar-refractivity contribution in [3.63, 3.8) is 0 Å². The van der Waals surface area contributed by atoms with E-state index in [-0.39, 0.29) is 0 Å². The predicted molar refractivity (Wildman–Crippen MR) is 105 cm³/mol. The first kappa shape index (κ1) is 18.6. The van der Waals surface area contributed by atoms with Gasteiger partial charge in [0.25, 0.3) is 0 Å². The number of likely N-dealkylation sites (tertiary alicyclic amines) is 2. The number of rotatable bonds is 6. The summed E-state index contributed by atoms with van der Waals surface area (Å²) in [6.45, 7) is 9.64. The Morgan fingerprint density at radius 2 is 1.93 bits per heavy atom. The molecule has 4 rings (SSSR count). The van der Waals surface area contributed by atoms with Crippen LogP contribution in [-0.4, -0.2) is 63.5 Å². The SMILES string of the molecule is CCn1ncc(CN2CCC(N3C[C@H](OC)[C@@H]3c3ccncc3)CC2)c1C. The molecule has 0 saturated carbocycles. The van der Waals surface area contributed by atoms with Crippen LogP contribution in [-0.2, 0) is 17.8 Å². The number of aryl methyl sites for hydroxylation is 1. The third-order valence-electron chi connectivity index (χ3n) is 6.38. The van der Waals surface area contributed by atoms with Gasteiger partial charge in [-0.1, -0.05) is 0 Å². The van der Waals surface area contributed by atoms with Crippen molar-refractivity contribution in [3.05, 3.63) is 47.5 Å². The van der Waals surface area contributed by atoms with Crippen molar-refractivity contribution in [1.29, 1.82) is 0 Å². The molecule has 0 spiro atoms. The summed E-state index contributed by atoms with van der Waals surface area (Å²) >= 11 is 0. The molecule has 0 radical (unpaired) electrons. The molecule has 2 aromatic rings. The number of piperidine rings is 1. The standard InChI is InChI=1S/C21H31N5O/c1-4-26-16(2)18(13-23-26)14-24-11-7-19(8-12-24)25-15-20(27-3)21(25)17-5-9-22-10-6-17/h5-6,9-10,13,19-21H,4,7-8,11-12,14-15H2,1-3H3/t20-,21-/m0/s1. The Morgan fingerprint density at radius 3 is 2.56 bits per heavy atom. The Kier molecular flexibility index (Phi) is 5.57. The van der Waals surface area contributed by atoms with Crippen LogP contribution < -0.4 is 0 Å². The summed E-state index contributed by atoms with van der Waals surface area (Å²) in [7, 11) is 1.83. The summed E-state index contributed by atoms with van der Waals surface area (Å²) < 4.78 is 7.81. The van der Waals surface area contributed by atoms with Crippen molar-refractivity contribution < 1.29 is 4.74 Å². The van der Waals surface area contributed by atoms with E-state index in [0.29, 0.717) is 18.2 Å². The number of hydrogen-bond donors (Lipinski definition) is 0. The molecule has 0 amide bonds. The van der Waals surface area contributed by atoms with Gasteiger partial charge >= 0.3 is 0 Å². The van der Waals surface area contributed by atoms with Crippen molar-refractivity contribution in [3.8, 4) is 0 Å². The predicted octanol–water partition coefficient (Wildman–Crippen LogP) is 2.64. The fourth-order valence-electron chi connectivity index (χ4n) is 4.65.